The van der Waals surface area contributed by atoms with Gasteiger partial charge in [-0.15, -0.1) is 0 Å². The fraction of sp³-hybridized carbons (Fsp3) is 0.158. The van der Waals surface area contributed by atoms with Crippen LogP contribution in [-0.2, 0) is 24.3 Å². The maximum absolute atomic E-state index is 12.6. The molecule has 0 atom stereocenters. The summed E-state index contributed by atoms with van der Waals surface area (Å²) in [5, 5.41) is 2.14. The van der Waals surface area contributed by atoms with Crippen LogP contribution >= 0.6 is 22.9 Å². The van der Waals surface area contributed by atoms with E-state index in [9.17, 15) is 31.2 Å². The van der Waals surface area contributed by atoms with Gasteiger partial charge in [0.2, 0.25) is 0 Å². The van der Waals surface area contributed by atoms with Crippen LogP contribution in [0, 0.1) is 6.92 Å². The van der Waals surface area contributed by atoms with Gasteiger partial charge in [0.1, 0.15) is 0 Å². The molecule has 0 aliphatic heterocycles. The molecule has 0 aliphatic carbocycles. The van der Waals surface area contributed by atoms with Crippen molar-refractivity contribution in [3.63, 3.8) is 0 Å². The molecule has 0 spiro atoms. The number of ether oxygens (including phenoxy) is 1. The lowest BCUT2D eigenvalue weighted by atomic mass is 10.2. The molecule has 0 saturated heterocycles. The number of benzene rings is 1. The lowest BCUT2D eigenvalue weighted by molar-refractivity contribution is -0.199. The van der Waals surface area contributed by atoms with Crippen LogP contribution in [-0.4, -0.2) is 43.0 Å². The molecule has 0 saturated carbocycles. The number of carbonyl (C=O) groups excluding carboxylic acids is 2. The van der Waals surface area contributed by atoms with E-state index in [4.69, 9.17) is 11.6 Å². The number of sulfonamides is 1. The van der Waals surface area contributed by atoms with Crippen molar-refractivity contribution in [1.82, 2.24) is 9.97 Å². The number of nitrogens with zero attached hydrogens (tertiary/aromatic N) is 2. The van der Waals surface area contributed by atoms with Crippen LogP contribution < -0.4 is 10.0 Å². The van der Waals surface area contributed by atoms with E-state index < -0.39 is 34.7 Å². The molecule has 2 heterocycles. The van der Waals surface area contributed by atoms with E-state index in [0.717, 1.165) is 11.3 Å². The lowest BCUT2D eigenvalue weighted by Crippen LogP contribution is -2.29. The number of hydrogen-bond donors (Lipinski definition) is 2. The van der Waals surface area contributed by atoms with Gasteiger partial charge < -0.3 is 4.74 Å². The molecule has 15 heteroatoms. The second kappa shape index (κ2) is 9.95. The predicted octanol–water partition coefficient (Wildman–Crippen LogP) is 4.01. The van der Waals surface area contributed by atoms with E-state index in [1.165, 1.54) is 24.4 Å². The first-order valence-corrected chi connectivity index (χ1v) is 11.8. The monoisotopic (exact) mass is 534 g/mol. The van der Waals surface area contributed by atoms with Crippen LogP contribution in [0.25, 0.3) is 10.4 Å². The topological polar surface area (TPSA) is 127 Å². The highest BCUT2D eigenvalue weighted by Gasteiger charge is 2.41. The fourth-order valence-corrected chi connectivity index (χ4v) is 4.78. The minimum absolute atomic E-state index is 0.000434. The molecule has 0 aliphatic rings. The zero-order valence-corrected chi connectivity index (χ0v) is 19.4. The largest absolute Gasteiger partial charge is 0.490 e. The summed E-state index contributed by atoms with van der Waals surface area (Å²) >= 11 is 7.00. The van der Waals surface area contributed by atoms with Crippen molar-refractivity contribution in [3.8, 4) is 10.4 Å². The van der Waals surface area contributed by atoms with Gasteiger partial charge in [0.05, 0.1) is 21.2 Å². The van der Waals surface area contributed by atoms with E-state index in [1.807, 2.05) is 0 Å². The smallest absolute Gasteiger partial charge is 0.449 e. The molecule has 3 rings (SSSR count). The second-order valence-electron chi connectivity index (χ2n) is 6.54. The number of amides is 1. The SMILES string of the molecule is Cc1nc(NC(=O)COC(=O)C(F)(F)F)sc1-c1cnc(Cl)c(NS(=O)(=O)c2ccccc2)c1. The minimum Gasteiger partial charge on any atom is -0.449 e. The first-order valence-electron chi connectivity index (χ1n) is 9.12. The zero-order valence-electron chi connectivity index (χ0n) is 17.0. The summed E-state index contributed by atoms with van der Waals surface area (Å²) < 4.78 is 67.9. The molecule has 2 aromatic heterocycles. The van der Waals surface area contributed by atoms with E-state index >= 15 is 0 Å². The Bertz CT molecular complexity index is 1330. The Kier molecular flexibility index (Phi) is 7.43. The molecule has 2 N–H and O–H groups in total. The number of carbonyl (C=O) groups is 2. The van der Waals surface area contributed by atoms with Crippen molar-refractivity contribution in [3.05, 3.63) is 53.4 Å². The van der Waals surface area contributed by atoms with Crippen molar-refractivity contribution in [2.75, 3.05) is 16.6 Å². The van der Waals surface area contributed by atoms with Crippen molar-refractivity contribution in [2.45, 2.75) is 18.0 Å². The highest BCUT2D eigenvalue weighted by Crippen LogP contribution is 2.35. The Morgan fingerprint density at radius 3 is 2.53 bits per heavy atom. The van der Waals surface area contributed by atoms with Gasteiger partial charge in [-0.05, 0) is 25.1 Å². The molecule has 1 amide bonds. The van der Waals surface area contributed by atoms with E-state index in [2.05, 4.69) is 24.7 Å². The van der Waals surface area contributed by atoms with Gasteiger partial charge in [0.15, 0.2) is 16.9 Å². The molecular formula is C19H14ClF3N4O5S2. The average molecular weight is 535 g/mol. The summed E-state index contributed by atoms with van der Waals surface area (Å²) in [6.07, 6.45) is -3.85. The first-order chi connectivity index (χ1) is 15.9. The third-order valence-corrected chi connectivity index (χ3v) is 6.81. The Morgan fingerprint density at radius 2 is 1.88 bits per heavy atom. The Labute approximate surface area is 200 Å². The van der Waals surface area contributed by atoms with Gasteiger partial charge in [-0.3, -0.25) is 14.8 Å². The molecule has 3 aromatic rings. The molecule has 0 fully saturated rings. The number of rotatable bonds is 7. The molecule has 0 unspecified atom stereocenters. The van der Waals surface area contributed by atoms with Gasteiger partial charge in [0.25, 0.3) is 15.9 Å². The summed E-state index contributed by atoms with van der Waals surface area (Å²) in [5.74, 6) is -3.51. The van der Waals surface area contributed by atoms with Gasteiger partial charge in [-0.2, -0.15) is 13.2 Å². The normalized spacial score (nSPS) is 11.7. The van der Waals surface area contributed by atoms with Gasteiger partial charge >= 0.3 is 12.1 Å². The summed E-state index contributed by atoms with van der Waals surface area (Å²) in [7, 11) is -3.94. The average Bonchev–Trinajstić information content (AvgIpc) is 3.13. The molecule has 9 nitrogen and oxygen atoms in total. The van der Waals surface area contributed by atoms with E-state index in [-0.39, 0.29) is 20.9 Å². The fourth-order valence-electron chi connectivity index (χ4n) is 2.53. The Hall–Kier alpha value is -3.23. The summed E-state index contributed by atoms with van der Waals surface area (Å²) in [6.45, 7) is 0.438. The number of nitrogens with one attached hydrogen (secondary N) is 2. The molecule has 0 radical (unpaired) electrons. The summed E-state index contributed by atoms with van der Waals surface area (Å²) in [4.78, 5) is 31.1. The van der Waals surface area contributed by atoms with E-state index in [1.54, 1.807) is 25.1 Å². The number of pyridine rings is 1. The van der Waals surface area contributed by atoms with Crippen LogP contribution in [0.15, 0.2) is 47.5 Å². The van der Waals surface area contributed by atoms with Crippen LogP contribution in [0.1, 0.15) is 5.69 Å². The number of aryl methyl sites for hydroxylation is 1. The highest BCUT2D eigenvalue weighted by atomic mass is 35.5. The minimum atomic E-state index is -5.22. The molecule has 180 valence electrons. The predicted molar refractivity (Wildman–Crippen MR) is 118 cm³/mol. The van der Waals surface area contributed by atoms with Gasteiger partial charge in [-0.25, -0.2) is 23.2 Å². The highest BCUT2D eigenvalue weighted by molar-refractivity contribution is 7.92. The van der Waals surface area contributed by atoms with Crippen molar-refractivity contribution in [2.24, 2.45) is 0 Å². The van der Waals surface area contributed by atoms with Crippen LogP contribution in [0.5, 0.6) is 0 Å². The number of anilines is 2. The third-order valence-electron chi connectivity index (χ3n) is 4.01. The standard InChI is InChI=1S/C19H14ClF3N4O5S2/c1-10-15(33-18(25-10)26-14(28)9-32-17(29)19(21,22)23)11-7-13(16(20)24-8-11)27-34(30,31)12-5-3-2-4-6-12/h2-8,27H,9H2,1H3,(H,25,26,28). The van der Waals surface area contributed by atoms with Crippen molar-refractivity contribution < 1.29 is 35.9 Å². The quantitative estimate of drug-likeness (QED) is 0.346. The van der Waals surface area contributed by atoms with Crippen molar-refractivity contribution in [1.29, 1.82) is 0 Å². The maximum Gasteiger partial charge on any atom is 0.490 e. The van der Waals surface area contributed by atoms with Crippen LogP contribution in [0.4, 0.5) is 24.0 Å². The Morgan fingerprint density at radius 1 is 1.21 bits per heavy atom. The third kappa shape index (κ3) is 6.21. The molecule has 34 heavy (non-hydrogen) atoms. The Balaban J connectivity index is 1.77. The lowest BCUT2D eigenvalue weighted by Gasteiger charge is -2.10. The zero-order chi connectivity index (χ0) is 25.1. The number of aromatic nitrogens is 2. The summed E-state index contributed by atoms with van der Waals surface area (Å²) in [6, 6.07) is 9.02. The van der Waals surface area contributed by atoms with Crippen LogP contribution in [0.3, 0.4) is 0 Å². The number of halogens is 4. The first kappa shape index (κ1) is 25.4. The maximum atomic E-state index is 12.6. The number of hydrogen-bond acceptors (Lipinski definition) is 8. The number of alkyl halides is 3. The number of esters is 1. The summed E-state index contributed by atoms with van der Waals surface area (Å²) in [5.41, 5.74) is 0.822. The van der Waals surface area contributed by atoms with Gasteiger partial charge in [0, 0.05) is 11.8 Å². The molecular weight excluding hydrogens is 521 g/mol. The van der Waals surface area contributed by atoms with Crippen LogP contribution in [0.2, 0.25) is 5.15 Å². The number of thiazole rings is 1. The molecule has 0 bridgehead atoms. The van der Waals surface area contributed by atoms with Gasteiger partial charge in [-0.1, -0.05) is 41.1 Å². The van der Waals surface area contributed by atoms with E-state index in [0.29, 0.717) is 16.1 Å². The molecule has 1 aromatic carbocycles. The second-order valence-corrected chi connectivity index (χ2v) is 9.58. The van der Waals surface area contributed by atoms with Crippen molar-refractivity contribution >= 4 is 55.7 Å².